The predicted molar refractivity (Wildman–Crippen MR) is 117 cm³/mol. The van der Waals surface area contributed by atoms with Crippen LogP contribution in [0.1, 0.15) is 38.8 Å². The zero-order valence-electron chi connectivity index (χ0n) is 16.3. The van der Waals surface area contributed by atoms with Crippen LogP contribution in [0.3, 0.4) is 0 Å². The fourth-order valence-electron chi connectivity index (χ4n) is 3.69. The number of aryl methyl sites for hydroxylation is 1. The molecule has 0 unspecified atom stereocenters. The Morgan fingerprint density at radius 3 is 2.87 bits per heavy atom. The van der Waals surface area contributed by atoms with Crippen LogP contribution in [0.4, 0.5) is 5.13 Å². The third kappa shape index (κ3) is 3.96. The minimum Gasteiger partial charge on any atom is -0.454 e. The van der Waals surface area contributed by atoms with E-state index in [1.807, 2.05) is 18.2 Å². The lowest BCUT2D eigenvalue weighted by molar-refractivity contribution is -0.122. The number of hydrogen-bond donors (Lipinski definition) is 2. The van der Waals surface area contributed by atoms with Gasteiger partial charge in [-0.3, -0.25) is 14.9 Å². The summed E-state index contributed by atoms with van der Waals surface area (Å²) in [7, 11) is 0. The first-order valence-electron chi connectivity index (χ1n) is 9.80. The van der Waals surface area contributed by atoms with Crippen molar-refractivity contribution in [3.05, 3.63) is 69.2 Å². The molecule has 0 saturated heterocycles. The number of fused-ring (bicyclic) bond motifs is 2. The molecule has 1 aliphatic heterocycles. The average molecular weight is 456 g/mol. The summed E-state index contributed by atoms with van der Waals surface area (Å²) >= 11 is 7.57. The first-order chi connectivity index (χ1) is 15.1. The zero-order valence-corrected chi connectivity index (χ0v) is 17.9. The van der Waals surface area contributed by atoms with Crippen molar-refractivity contribution in [1.29, 1.82) is 0 Å². The molecule has 1 atom stereocenters. The van der Waals surface area contributed by atoms with Crippen LogP contribution in [0.5, 0.6) is 11.5 Å². The van der Waals surface area contributed by atoms with Gasteiger partial charge in [-0.2, -0.15) is 0 Å². The topological polar surface area (TPSA) is 89.6 Å². The molecule has 3 aromatic rings. The number of carbonyl (C=O) groups excluding carboxylic acids is 2. The molecule has 2 N–H and O–H groups in total. The molecule has 0 bridgehead atoms. The summed E-state index contributed by atoms with van der Waals surface area (Å²) in [6.07, 6.45) is 1.47. The van der Waals surface area contributed by atoms with Gasteiger partial charge in [-0.25, -0.2) is 4.98 Å². The molecule has 5 rings (SSSR count). The van der Waals surface area contributed by atoms with E-state index in [9.17, 15) is 9.59 Å². The lowest BCUT2D eigenvalue weighted by Gasteiger charge is -2.11. The van der Waals surface area contributed by atoms with Crippen LogP contribution in [-0.4, -0.2) is 23.6 Å². The molecule has 1 aliphatic carbocycles. The van der Waals surface area contributed by atoms with Gasteiger partial charge in [0.15, 0.2) is 16.6 Å². The number of carbonyl (C=O) groups is 2. The first kappa shape index (κ1) is 19.8. The second kappa shape index (κ2) is 8.20. The van der Waals surface area contributed by atoms with Gasteiger partial charge in [-0.15, -0.1) is 11.3 Å². The van der Waals surface area contributed by atoms with E-state index in [1.54, 1.807) is 24.3 Å². The molecule has 31 heavy (non-hydrogen) atoms. The molecule has 9 heteroatoms. The summed E-state index contributed by atoms with van der Waals surface area (Å²) in [5.41, 5.74) is 2.06. The Balaban J connectivity index is 1.25. The molecule has 0 saturated carbocycles. The Morgan fingerprint density at radius 1 is 1.16 bits per heavy atom. The predicted octanol–water partition coefficient (Wildman–Crippen LogP) is 4.12. The van der Waals surface area contributed by atoms with Crippen molar-refractivity contribution < 1.29 is 19.1 Å². The van der Waals surface area contributed by atoms with Crippen LogP contribution in [-0.2, 0) is 17.8 Å². The summed E-state index contributed by atoms with van der Waals surface area (Å²) < 4.78 is 10.6. The molecule has 2 heterocycles. The first-order valence-corrected chi connectivity index (χ1v) is 11.0. The largest absolute Gasteiger partial charge is 0.454 e. The lowest BCUT2D eigenvalue weighted by atomic mass is 10.1. The highest BCUT2D eigenvalue weighted by Gasteiger charge is 2.33. The Labute approximate surface area is 187 Å². The molecule has 0 fully saturated rings. The van der Waals surface area contributed by atoms with Crippen LogP contribution in [0.15, 0.2) is 42.5 Å². The standard InChI is InChI=1S/C22H18ClN3O4S/c23-15-4-2-1-3-13(15)10-24-21(28)14-6-8-18-19(14)25-22(31-18)26-20(27)12-5-7-16-17(9-12)30-11-29-16/h1-5,7,9,14H,6,8,10-11H2,(H,24,28)(H,25,26,27)/t14-/m1/s1. The van der Waals surface area contributed by atoms with Gasteiger partial charge in [0.25, 0.3) is 5.91 Å². The minimum absolute atomic E-state index is 0.0855. The molecule has 0 spiro atoms. The average Bonchev–Trinajstić information content (AvgIpc) is 3.48. The lowest BCUT2D eigenvalue weighted by Crippen LogP contribution is -2.28. The van der Waals surface area contributed by atoms with Crippen LogP contribution in [0.2, 0.25) is 5.02 Å². The molecule has 2 aliphatic rings. The monoisotopic (exact) mass is 455 g/mol. The summed E-state index contributed by atoms with van der Waals surface area (Å²) in [5, 5.41) is 6.88. The van der Waals surface area contributed by atoms with Crippen LogP contribution in [0.25, 0.3) is 0 Å². The molecule has 1 aromatic heterocycles. The van der Waals surface area contributed by atoms with Crippen molar-refractivity contribution >= 4 is 39.9 Å². The van der Waals surface area contributed by atoms with Gasteiger partial charge in [0.05, 0.1) is 11.6 Å². The maximum absolute atomic E-state index is 12.8. The van der Waals surface area contributed by atoms with Gasteiger partial charge in [-0.1, -0.05) is 29.8 Å². The second-order valence-corrected chi connectivity index (χ2v) is 8.74. The molecule has 2 aromatic carbocycles. The van der Waals surface area contributed by atoms with Gasteiger partial charge in [0, 0.05) is 22.0 Å². The number of thiazole rings is 1. The van der Waals surface area contributed by atoms with Crippen LogP contribution < -0.4 is 20.1 Å². The number of nitrogens with one attached hydrogen (secondary N) is 2. The Bertz CT molecular complexity index is 1180. The van der Waals surface area contributed by atoms with Crippen molar-refractivity contribution in [2.24, 2.45) is 0 Å². The van der Waals surface area contributed by atoms with Gasteiger partial charge >= 0.3 is 0 Å². The zero-order chi connectivity index (χ0) is 21.4. The third-order valence-electron chi connectivity index (χ3n) is 5.30. The van der Waals surface area contributed by atoms with Gasteiger partial charge in [0.2, 0.25) is 12.7 Å². The second-order valence-electron chi connectivity index (χ2n) is 7.25. The van der Waals surface area contributed by atoms with E-state index in [-0.39, 0.29) is 24.5 Å². The fourth-order valence-corrected chi connectivity index (χ4v) is 4.93. The highest BCUT2D eigenvalue weighted by Crippen LogP contribution is 2.39. The number of ether oxygens (including phenoxy) is 2. The summed E-state index contributed by atoms with van der Waals surface area (Å²) in [6, 6.07) is 12.4. The molecule has 158 valence electrons. The highest BCUT2D eigenvalue weighted by atomic mass is 35.5. The SMILES string of the molecule is O=C(Nc1nc2c(s1)CC[C@H]2C(=O)NCc1ccccc1Cl)c1ccc2c(c1)OCO2. The van der Waals surface area contributed by atoms with Gasteiger partial charge in [0.1, 0.15) is 0 Å². The van der Waals surface area contributed by atoms with Crippen LogP contribution in [0, 0.1) is 0 Å². The molecule has 7 nitrogen and oxygen atoms in total. The summed E-state index contributed by atoms with van der Waals surface area (Å²) in [6.45, 7) is 0.516. The van der Waals surface area contributed by atoms with E-state index in [2.05, 4.69) is 15.6 Å². The molecule has 0 radical (unpaired) electrons. The van der Waals surface area contributed by atoms with E-state index in [4.69, 9.17) is 21.1 Å². The minimum atomic E-state index is -0.329. The van der Waals surface area contributed by atoms with Gasteiger partial charge in [-0.05, 0) is 42.7 Å². The number of hydrogen-bond acceptors (Lipinski definition) is 6. The number of anilines is 1. The van der Waals surface area contributed by atoms with E-state index in [0.29, 0.717) is 40.2 Å². The Kier molecular flexibility index (Phi) is 5.25. The van der Waals surface area contributed by atoms with Crippen molar-refractivity contribution in [1.82, 2.24) is 10.3 Å². The molecular weight excluding hydrogens is 438 g/mol. The number of nitrogens with zero attached hydrogens (tertiary/aromatic N) is 1. The van der Waals surface area contributed by atoms with E-state index >= 15 is 0 Å². The molecular formula is C22H18ClN3O4S. The van der Waals surface area contributed by atoms with E-state index in [0.717, 1.165) is 22.6 Å². The third-order valence-corrected chi connectivity index (χ3v) is 6.72. The number of benzene rings is 2. The van der Waals surface area contributed by atoms with Crippen molar-refractivity contribution in [2.45, 2.75) is 25.3 Å². The summed E-state index contributed by atoms with van der Waals surface area (Å²) in [5.74, 6) is 0.466. The van der Waals surface area contributed by atoms with Crippen LogP contribution >= 0.6 is 22.9 Å². The van der Waals surface area contributed by atoms with E-state index < -0.39 is 0 Å². The highest BCUT2D eigenvalue weighted by molar-refractivity contribution is 7.16. The Morgan fingerprint density at radius 2 is 2.00 bits per heavy atom. The van der Waals surface area contributed by atoms with Gasteiger partial charge < -0.3 is 14.8 Å². The number of halogens is 1. The maximum atomic E-state index is 12.8. The smallest absolute Gasteiger partial charge is 0.257 e. The number of rotatable bonds is 5. The quantitative estimate of drug-likeness (QED) is 0.604. The number of aromatic nitrogens is 1. The molecule has 2 amide bonds. The van der Waals surface area contributed by atoms with Crippen molar-refractivity contribution in [3.63, 3.8) is 0 Å². The Hall–Kier alpha value is -3.10. The number of amides is 2. The van der Waals surface area contributed by atoms with Crippen molar-refractivity contribution in [2.75, 3.05) is 12.1 Å². The maximum Gasteiger partial charge on any atom is 0.257 e. The normalized spacial score (nSPS) is 16.1. The fraction of sp³-hybridized carbons (Fsp3) is 0.227. The summed E-state index contributed by atoms with van der Waals surface area (Å²) in [4.78, 5) is 30.9. The van der Waals surface area contributed by atoms with Crippen molar-refractivity contribution in [3.8, 4) is 11.5 Å². The van der Waals surface area contributed by atoms with E-state index in [1.165, 1.54) is 11.3 Å².